The van der Waals surface area contributed by atoms with E-state index >= 15 is 0 Å². The highest BCUT2D eigenvalue weighted by molar-refractivity contribution is 5.80. The predicted molar refractivity (Wildman–Crippen MR) is 284 cm³/mol. The van der Waals surface area contributed by atoms with Crippen molar-refractivity contribution in [2.45, 2.75) is 203 Å². The molecule has 0 radical (unpaired) electrons. The first-order valence-electron chi connectivity index (χ1n) is 27.0. The highest BCUT2D eigenvalue weighted by atomic mass is 16.7. The Morgan fingerprint density at radius 2 is 1.31 bits per heavy atom. The van der Waals surface area contributed by atoms with Crippen LogP contribution in [0.25, 0.3) is 0 Å². The molecule has 0 aromatic rings. The molecule has 22 atom stereocenters. The molecule has 0 aromatic heterocycles. The number of aliphatic hydroxyl groups is 5. The molecule has 22 unspecified atom stereocenters. The average molecular weight is 1110 g/mol. The standard InChI is InChI=1S/C57H89NO20/c1-13-14-17-24-44-56(7,8)53(63)54(64)57(66,78-44)37(55(65)58-26-21-20-22-32(2)50(70-12)33(3)40-27-38(59)39(75-40)23-18-15-16-19-25-45(60)61)31-71-46-29-42(68-10)51(35(5)73-46)77-48-30-43(69-11)52(36(6)74-48)76-47-28-41(67-9)49(62)34(4)72-47/h13-25,33-44,46-54,59,62-64,66H,26-31H2,1-12H3,(H,58,65)(H,60,61). The number of aliphatic carboxylic acids is 1. The van der Waals surface area contributed by atoms with E-state index in [9.17, 15) is 35.1 Å². The quantitative estimate of drug-likeness (QED) is 0.0507. The molecule has 5 fully saturated rings. The van der Waals surface area contributed by atoms with Crippen LogP contribution in [0, 0.1) is 17.3 Å². The molecule has 5 rings (SSSR count). The summed E-state index contributed by atoms with van der Waals surface area (Å²) in [6.45, 7) is 14.0. The Morgan fingerprint density at radius 1 is 0.731 bits per heavy atom. The monoisotopic (exact) mass is 1110 g/mol. The summed E-state index contributed by atoms with van der Waals surface area (Å²) in [5.74, 6) is -6.22. The second kappa shape index (κ2) is 30.5. The predicted octanol–water partition coefficient (Wildman–Crippen LogP) is 3.71. The van der Waals surface area contributed by atoms with Gasteiger partial charge in [-0.2, -0.15) is 0 Å². The van der Waals surface area contributed by atoms with E-state index in [4.69, 9.17) is 61.9 Å². The molecule has 0 aliphatic carbocycles. The van der Waals surface area contributed by atoms with Gasteiger partial charge in [0.1, 0.15) is 36.4 Å². The fourth-order valence-corrected chi connectivity index (χ4v) is 10.7. The van der Waals surface area contributed by atoms with Crippen molar-refractivity contribution in [3.05, 3.63) is 84.6 Å². The molecule has 21 nitrogen and oxygen atoms in total. The van der Waals surface area contributed by atoms with E-state index in [1.807, 2.05) is 33.8 Å². The fraction of sp³-hybridized carbons (Fsp3) is 0.719. The smallest absolute Gasteiger partial charge is 0.328 e. The van der Waals surface area contributed by atoms with Crippen LogP contribution in [0.1, 0.15) is 81.1 Å². The molecule has 0 saturated carbocycles. The molecule has 5 saturated heterocycles. The summed E-state index contributed by atoms with van der Waals surface area (Å²) in [7, 11) is 6.24. The number of nitrogens with one attached hydrogen (secondary N) is 1. The molecule has 0 bridgehead atoms. The molecule has 5 aliphatic heterocycles. The Morgan fingerprint density at radius 3 is 1.91 bits per heavy atom. The molecule has 5 aliphatic rings. The second-order valence-corrected chi connectivity index (χ2v) is 21.3. The average Bonchev–Trinajstić information content (AvgIpc) is 3.89. The summed E-state index contributed by atoms with van der Waals surface area (Å²) in [6, 6.07) is 0. The van der Waals surface area contributed by atoms with Crippen LogP contribution < -0.4 is 5.32 Å². The minimum Gasteiger partial charge on any atom is -0.478 e. The number of methoxy groups -OCH3 is 4. The number of rotatable bonds is 25. The van der Waals surface area contributed by atoms with Crippen molar-refractivity contribution >= 4 is 11.9 Å². The maximum Gasteiger partial charge on any atom is 0.328 e. The Hall–Kier alpha value is -3.56. The number of carboxylic acids is 1. The van der Waals surface area contributed by atoms with Gasteiger partial charge in [0.2, 0.25) is 11.7 Å². The van der Waals surface area contributed by atoms with Gasteiger partial charge < -0.3 is 92.8 Å². The second-order valence-electron chi connectivity index (χ2n) is 21.3. The van der Waals surface area contributed by atoms with Gasteiger partial charge in [-0.3, -0.25) is 4.79 Å². The highest BCUT2D eigenvalue weighted by Crippen LogP contribution is 2.45. The Balaban J connectivity index is 1.25. The third-order valence-electron chi connectivity index (χ3n) is 15.5. The van der Waals surface area contributed by atoms with Crippen LogP contribution in [0.2, 0.25) is 0 Å². The summed E-state index contributed by atoms with van der Waals surface area (Å²) < 4.78 is 73.5. The molecular weight excluding hydrogens is 1020 g/mol. The summed E-state index contributed by atoms with van der Waals surface area (Å²) in [4.78, 5) is 25.1. The number of carbonyl (C=O) groups is 2. The van der Waals surface area contributed by atoms with E-state index in [0.29, 0.717) is 19.3 Å². The van der Waals surface area contributed by atoms with Gasteiger partial charge in [-0.05, 0) is 40.2 Å². The number of carbonyl (C=O) groups excluding carboxylic acids is 1. The molecule has 0 spiro atoms. The van der Waals surface area contributed by atoms with Crippen LogP contribution >= 0.6 is 0 Å². The van der Waals surface area contributed by atoms with Crippen LogP contribution in [0.5, 0.6) is 0 Å². The summed E-state index contributed by atoms with van der Waals surface area (Å²) >= 11 is 0. The van der Waals surface area contributed by atoms with Gasteiger partial charge in [-0.1, -0.05) is 93.7 Å². The minimum absolute atomic E-state index is 0.0178. The van der Waals surface area contributed by atoms with Gasteiger partial charge in [-0.25, -0.2) is 4.79 Å². The lowest BCUT2D eigenvalue weighted by Crippen LogP contribution is -2.70. The lowest BCUT2D eigenvalue weighted by atomic mass is 9.71. The number of hydrogen-bond acceptors (Lipinski definition) is 19. The van der Waals surface area contributed by atoms with E-state index in [2.05, 4.69) is 5.32 Å². The molecule has 1 amide bonds. The lowest BCUT2D eigenvalue weighted by molar-refractivity contribution is -0.367. The van der Waals surface area contributed by atoms with Crippen molar-refractivity contribution in [1.29, 1.82) is 0 Å². The molecule has 5 heterocycles. The third kappa shape index (κ3) is 16.8. The van der Waals surface area contributed by atoms with Crippen molar-refractivity contribution in [3.63, 3.8) is 0 Å². The van der Waals surface area contributed by atoms with Gasteiger partial charge in [0.15, 0.2) is 18.9 Å². The van der Waals surface area contributed by atoms with E-state index in [-0.39, 0.29) is 25.0 Å². The number of hydrogen-bond donors (Lipinski definition) is 7. The molecule has 442 valence electrons. The normalized spacial score (nSPS) is 39.3. The zero-order valence-corrected chi connectivity index (χ0v) is 47.3. The van der Waals surface area contributed by atoms with Gasteiger partial charge >= 0.3 is 5.97 Å². The highest BCUT2D eigenvalue weighted by Gasteiger charge is 2.61. The number of amides is 1. The first kappa shape index (κ1) is 65.3. The Kier molecular flexibility index (Phi) is 25.5. The zero-order chi connectivity index (χ0) is 57.5. The number of aliphatic hydroxyl groups excluding tert-OH is 4. The maximum absolute atomic E-state index is 14.4. The van der Waals surface area contributed by atoms with Crippen LogP contribution in [-0.4, -0.2) is 206 Å². The number of carboxylic acid groups (broad SMARTS) is 1. The molecular formula is C57H89NO20. The third-order valence-corrected chi connectivity index (χ3v) is 15.5. The van der Waals surface area contributed by atoms with Crippen molar-refractivity contribution < 1.29 is 97.1 Å². The van der Waals surface area contributed by atoms with Crippen molar-refractivity contribution in [2.24, 2.45) is 17.3 Å². The van der Waals surface area contributed by atoms with E-state index in [1.54, 1.807) is 103 Å². The topological polar surface area (TPSA) is 278 Å². The fourth-order valence-electron chi connectivity index (χ4n) is 10.7. The SMILES string of the molecule is CC=CC=CC1OC(O)(C(COC2CC(OC)C(OC3CC(OC)C(OC4CC(OC)C(O)C(C)O4)C(C)O3)C(C)O2)C(=O)NCC=CC=C(C)C(OC)C(C)C2CC(O)C(C=CC=CC=CC(=O)O)O2)C(O)C(O)C1(C)C. The molecule has 21 heteroatoms. The van der Waals surface area contributed by atoms with E-state index in [1.165, 1.54) is 20.3 Å². The largest absolute Gasteiger partial charge is 0.478 e. The van der Waals surface area contributed by atoms with Gasteiger partial charge in [0.05, 0.1) is 73.8 Å². The maximum atomic E-state index is 14.4. The van der Waals surface area contributed by atoms with Crippen molar-refractivity contribution in [2.75, 3.05) is 41.6 Å². The molecule has 7 N–H and O–H groups in total. The van der Waals surface area contributed by atoms with Crippen molar-refractivity contribution in [1.82, 2.24) is 5.32 Å². The Bertz CT molecular complexity index is 2090. The first-order valence-corrected chi connectivity index (χ1v) is 27.0. The Labute approximate surface area is 459 Å². The molecule has 0 aromatic carbocycles. The first-order chi connectivity index (χ1) is 37.0. The van der Waals surface area contributed by atoms with Crippen molar-refractivity contribution in [3.8, 4) is 0 Å². The van der Waals surface area contributed by atoms with Crippen LogP contribution in [0.15, 0.2) is 84.6 Å². The summed E-state index contributed by atoms with van der Waals surface area (Å²) in [5, 5.41) is 68.4. The minimum atomic E-state index is -2.65. The van der Waals surface area contributed by atoms with Gasteiger partial charge in [0, 0.05) is 78.1 Å². The van der Waals surface area contributed by atoms with Crippen LogP contribution in [-0.2, 0) is 66.4 Å². The molecule has 78 heavy (non-hydrogen) atoms. The summed E-state index contributed by atoms with van der Waals surface area (Å²) in [6.07, 6.45) is 8.33. The van der Waals surface area contributed by atoms with Gasteiger partial charge in [-0.15, -0.1) is 0 Å². The van der Waals surface area contributed by atoms with Crippen LogP contribution in [0.3, 0.4) is 0 Å². The lowest BCUT2D eigenvalue weighted by Gasteiger charge is -2.53. The van der Waals surface area contributed by atoms with Crippen LogP contribution in [0.4, 0.5) is 0 Å². The number of ether oxygens (including phenoxy) is 12. The summed E-state index contributed by atoms with van der Waals surface area (Å²) in [5.41, 5.74) is -0.253. The van der Waals surface area contributed by atoms with Gasteiger partial charge in [0.25, 0.3) is 0 Å². The van der Waals surface area contributed by atoms with E-state index < -0.39 is 146 Å². The van der Waals surface area contributed by atoms with E-state index in [0.717, 1.165) is 11.6 Å². The zero-order valence-electron chi connectivity index (χ0n) is 47.3. The number of allylic oxidation sites excluding steroid dienone is 9.